The lowest BCUT2D eigenvalue weighted by atomic mass is 9.95. The van der Waals surface area contributed by atoms with Crippen molar-refractivity contribution in [2.24, 2.45) is 0 Å². The summed E-state index contributed by atoms with van der Waals surface area (Å²) in [7, 11) is 0. The molecule has 0 saturated carbocycles. The topological polar surface area (TPSA) is 44.4 Å². The third-order valence-corrected chi connectivity index (χ3v) is 6.16. The van der Waals surface area contributed by atoms with Crippen molar-refractivity contribution in [3.05, 3.63) is 101 Å². The van der Waals surface area contributed by atoms with Crippen LogP contribution in [0.3, 0.4) is 0 Å². The van der Waals surface area contributed by atoms with E-state index in [-0.39, 0.29) is 11.9 Å². The van der Waals surface area contributed by atoms with Crippen molar-refractivity contribution >= 4 is 28.9 Å². The summed E-state index contributed by atoms with van der Waals surface area (Å²) in [6.45, 7) is 3.82. The number of hydrogen-bond acceptors (Lipinski definition) is 2. The molecule has 1 aliphatic rings. The first-order chi connectivity index (χ1) is 15.6. The normalized spacial score (nSPS) is 14.5. The zero-order valence-electron chi connectivity index (χ0n) is 18.4. The van der Waals surface area contributed by atoms with Crippen LogP contribution in [0.2, 0.25) is 0 Å². The van der Waals surface area contributed by atoms with Crippen LogP contribution in [0, 0.1) is 6.92 Å². The Balaban J connectivity index is 1.45. The molecule has 1 fully saturated rings. The fourth-order valence-corrected chi connectivity index (χ4v) is 4.41. The Labute approximate surface area is 195 Å². The lowest BCUT2D eigenvalue weighted by Gasteiger charge is -2.26. The van der Waals surface area contributed by atoms with Crippen LogP contribution in [0.15, 0.2) is 78.9 Å². The number of likely N-dealkylation sites (tertiary alicyclic amines) is 1. The summed E-state index contributed by atoms with van der Waals surface area (Å²) in [5.41, 5.74) is 5.11. The Morgan fingerprint density at radius 2 is 1.53 bits per heavy atom. The van der Waals surface area contributed by atoms with E-state index in [9.17, 15) is 4.79 Å². The van der Waals surface area contributed by atoms with Gasteiger partial charge in [-0.15, -0.1) is 0 Å². The summed E-state index contributed by atoms with van der Waals surface area (Å²) in [4.78, 5) is 14.6. The number of carbonyl (C=O) groups excluding carboxylic acids is 1. The smallest absolute Gasteiger partial charge is 0.253 e. The first-order valence-electron chi connectivity index (χ1n) is 11.2. The maximum absolute atomic E-state index is 12.7. The Bertz CT molecular complexity index is 1060. The molecule has 0 spiro atoms. The molecular formula is C27H29N3OS. The minimum Gasteiger partial charge on any atom is -0.352 e. The molecule has 1 aliphatic heterocycles. The van der Waals surface area contributed by atoms with Crippen molar-refractivity contribution in [3.8, 4) is 0 Å². The van der Waals surface area contributed by atoms with E-state index in [0.717, 1.165) is 42.7 Å². The number of aryl methyl sites for hydroxylation is 1. The molecule has 5 heteroatoms. The van der Waals surface area contributed by atoms with Gasteiger partial charge in [-0.25, -0.2) is 0 Å². The number of hydrogen-bond donors (Lipinski definition) is 2. The van der Waals surface area contributed by atoms with Crippen LogP contribution in [0.4, 0.5) is 5.69 Å². The van der Waals surface area contributed by atoms with Gasteiger partial charge in [-0.05, 0) is 79.4 Å². The molecule has 2 N–H and O–H groups in total. The number of piperidine rings is 1. The highest BCUT2D eigenvalue weighted by Gasteiger charge is 2.19. The molecule has 32 heavy (non-hydrogen) atoms. The van der Waals surface area contributed by atoms with Crippen LogP contribution in [-0.4, -0.2) is 29.0 Å². The maximum atomic E-state index is 12.7. The second-order valence-corrected chi connectivity index (χ2v) is 8.64. The largest absolute Gasteiger partial charge is 0.352 e. The third-order valence-electron chi connectivity index (χ3n) is 5.94. The van der Waals surface area contributed by atoms with E-state index in [2.05, 4.69) is 47.9 Å². The van der Waals surface area contributed by atoms with Crippen molar-refractivity contribution in [1.82, 2.24) is 10.2 Å². The van der Waals surface area contributed by atoms with Crippen LogP contribution < -0.4 is 10.6 Å². The predicted octanol–water partition coefficient (Wildman–Crippen LogP) is 5.70. The first kappa shape index (κ1) is 22.0. The van der Waals surface area contributed by atoms with Gasteiger partial charge in [0.05, 0.1) is 6.04 Å². The molecule has 1 heterocycles. The van der Waals surface area contributed by atoms with Crippen LogP contribution in [0.1, 0.15) is 52.4 Å². The maximum Gasteiger partial charge on any atom is 0.253 e. The van der Waals surface area contributed by atoms with E-state index in [1.165, 1.54) is 17.5 Å². The van der Waals surface area contributed by atoms with Gasteiger partial charge < -0.3 is 15.5 Å². The summed E-state index contributed by atoms with van der Waals surface area (Å²) in [5.74, 6) is 0.112. The van der Waals surface area contributed by atoms with Crippen molar-refractivity contribution in [2.75, 3.05) is 18.4 Å². The van der Waals surface area contributed by atoms with Gasteiger partial charge in [0.25, 0.3) is 5.91 Å². The highest BCUT2D eigenvalue weighted by atomic mass is 32.1. The summed E-state index contributed by atoms with van der Waals surface area (Å²) >= 11 is 5.64. The molecular weight excluding hydrogens is 414 g/mol. The van der Waals surface area contributed by atoms with Crippen molar-refractivity contribution in [1.29, 1.82) is 0 Å². The Hall–Kier alpha value is -3.18. The molecule has 3 aromatic carbocycles. The monoisotopic (exact) mass is 443 g/mol. The minimum absolute atomic E-state index is 0.0580. The van der Waals surface area contributed by atoms with E-state index in [1.54, 1.807) is 0 Å². The van der Waals surface area contributed by atoms with Gasteiger partial charge in [0.2, 0.25) is 0 Å². The van der Waals surface area contributed by atoms with Crippen molar-refractivity contribution in [3.63, 3.8) is 0 Å². The average molecular weight is 444 g/mol. The fourth-order valence-electron chi connectivity index (χ4n) is 4.17. The van der Waals surface area contributed by atoms with Gasteiger partial charge in [0.1, 0.15) is 0 Å². The van der Waals surface area contributed by atoms with Crippen LogP contribution >= 0.6 is 12.2 Å². The zero-order valence-corrected chi connectivity index (χ0v) is 19.2. The van der Waals surface area contributed by atoms with Gasteiger partial charge in [0, 0.05) is 24.3 Å². The number of benzene rings is 3. The quantitative estimate of drug-likeness (QED) is 0.497. The molecule has 4 rings (SSSR count). The van der Waals surface area contributed by atoms with Gasteiger partial charge in [-0.2, -0.15) is 0 Å². The summed E-state index contributed by atoms with van der Waals surface area (Å²) < 4.78 is 0. The number of carbonyl (C=O) groups is 1. The lowest BCUT2D eigenvalue weighted by Crippen LogP contribution is -2.35. The van der Waals surface area contributed by atoms with Crippen LogP contribution in [-0.2, 0) is 0 Å². The van der Waals surface area contributed by atoms with E-state index in [0.29, 0.717) is 5.11 Å². The van der Waals surface area contributed by atoms with Crippen LogP contribution in [0.5, 0.6) is 0 Å². The van der Waals surface area contributed by atoms with E-state index in [1.807, 2.05) is 53.4 Å². The molecule has 4 nitrogen and oxygen atoms in total. The van der Waals surface area contributed by atoms with Crippen molar-refractivity contribution in [2.45, 2.75) is 32.2 Å². The number of nitrogens with zero attached hydrogens (tertiary/aromatic N) is 1. The summed E-state index contributed by atoms with van der Waals surface area (Å²) in [6.07, 6.45) is 3.40. The molecule has 0 radical (unpaired) electrons. The van der Waals surface area contributed by atoms with Gasteiger partial charge in [-0.3, -0.25) is 4.79 Å². The predicted molar refractivity (Wildman–Crippen MR) is 135 cm³/mol. The van der Waals surface area contributed by atoms with Gasteiger partial charge in [0.15, 0.2) is 5.11 Å². The molecule has 0 bridgehead atoms. The molecule has 0 aliphatic carbocycles. The second kappa shape index (κ2) is 10.4. The molecule has 1 saturated heterocycles. The van der Waals surface area contributed by atoms with Crippen molar-refractivity contribution < 1.29 is 4.79 Å². The third kappa shape index (κ3) is 5.35. The van der Waals surface area contributed by atoms with Gasteiger partial charge in [-0.1, -0.05) is 54.6 Å². The fraction of sp³-hybridized carbons (Fsp3) is 0.259. The molecule has 1 unspecified atom stereocenters. The summed E-state index contributed by atoms with van der Waals surface area (Å²) in [5, 5.41) is 7.28. The van der Waals surface area contributed by atoms with E-state index < -0.39 is 0 Å². The summed E-state index contributed by atoms with van der Waals surface area (Å²) in [6, 6.07) is 26.2. The molecule has 0 aromatic heterocycles. The number of anilines is 1. The first-order valence-corrected chi connectivity index (χ1v) is 11.6. The Morgan fingerprint density at radius 3 is 2.22 bits per heavy atom. The number of nitrogens with one attached hydrogen (secondary N) is 2. The molecule has 3 aromatic rings. The minimum atomic E-state index is -0.0580. The number of amides is 1. The Morgan fingerprint density at radius 1 is 0.875 bits per heavy atom. The van der Waals surface area contributed by atoms with Gasteiger partial charge >= 0.3 is 0 Å². The van der Waals surface area contributed by atoms with Crippen LogP contribution in [0.25, 0.3) is 0 Å². The van der Waals surface area contributed by atoms with E-state index >= 15 is 0 Å². The second-order valence-electron chi connectivity index (χ2n) is 8.23. The highest BCUT2D eigenvalue weighted by molar-refractivity contribution is 7.80. The SMILES string of the molecule is Cc1ccccc1C(NC(=S)Nc1ccc(C(=O)N2CCCCC2)cc1)c1ccccc1. The lowest BCUT2D eigenvalue weighted by molar-refractivity contribution is 0.0724. The number of rotatable bonds is 5. The standard InChI is InChI=1S/C27H29N3OS/c1-20-10-6-7-13-24(20)25(21-11-4-2-5-12-21)29-27(32)28-23-16-14-22(15-17-23)26(31)30-18-8-3-9-19-30/h2,4-7,10-17,25H,3,8-9,18-19H2,1H3,(H2,28,29,32). The van der Waals surface area contributed by atoms with E-state index in [4.69, 9.17) is 12.2 Å². The molecule has 1 atom stereocenters. The number of thiocarbonyl (C=S) groups is 1. The Kier molecular flexibility index (Phi) is 7.17. The molecule has 1 amide bonds. The average Bonchev–Trinajstić information content (AvgIpc) is 2.84. The zero-order chi connectivity index (χ0) is 22.3. The highest BCUT2D eigenvalue weighted by Crippen LogP contribution is 2.25. The molecule has 164 valence electrons.